The molecule has 0 aromatic heterocycles. The summed E-state index contributed by atoms with van der Waals surface area (Å²) >= 11 is 0. The number of ether oxygens (including phenoxy) is 1. The summed E-state index contributed by atoms with van der Waals surface area (Å²) < 4.78 is 4.98. The highest BCUT2D eigenvalue weighted by Gasteiger charge is 2.44. The van der Waals surface area contributed by atoms with E-state index < -0.39 is 23.5 Å². The molecule has 0 amide bonds. The maximum Gasteiger partial charge on any atom is 0.345 e. The van der Waals surface area contributed by atoms with E-state index in [0.29, 0.717) is 18.4 Å². The van der Waals surface area contributed by atoms with Gasteiger partial charge in [0.1, 0.15) is 5.41 Å². The minimum Gasteiger partial charge on any atom is -0.389 e. The summed E-state index contributed by atoms with van der Waals surface area (Å²) in [5.74, 6) is -1.42. The van der Waals surface area contributed by atoms with Gasteiger partial charge in [-0.25, -0.2) is 4.79 Å². The minimum atomic E-state index is -1.19. The second kappa shape index (κ2) is 6.50. The van der Waals surface area contributed by atoms with Gasteiger partial charge in [0.2, 0.25) is 0 Å². The van der Waals surface area contributed by atoms with Crippen molar-refractivity contribution in [3.63, 3.8) is 0 Å². The van der Waals surface area contributed by atoms with Crippen LogP contribution < -0.4 is 0 Å². The Morgan fingerprint density at radius 1 is 1.24 bits per heavy atom. The van der Waals surface area contributed by atoms with Gasteiger partial charge in [0.05, 0.1) is 11.7 Å². The molecule has 1 aliphatic carbocycles. The van der Waals surface area contributed by atoms with Gasteiger partial charge in [0.25, 0.3) is 0 Å². The minimum absolute atomic E-state index is 0.308. The van der Waals surface area contributed by atoms with Crippen molar-refractivity contribution in [2.24, 2.45) is 5.41 Å². The molecule has 2 atom stereocenters. The van der Waals surface area contributed by atoms with Crippen LogP contribution in [0.2, 0.25) is 0 Å². The molecule has 21 heavy (non-hydrogen) atoms. The molecule has 110 valence electrons. The molecule has 0 fully saturated rings. The van der Waals surface area contributed by atoms with Crippen LogP contribution in [0.4, 0.5) is 0 Å². The lowest BCUT2D eigenvalue weighted by Crippen LogP contribution is -2.43. The fraction of sp³-hybridized carbons (Fsp3) is 0.294. The zero-order chi connectivity index (χ0) is 15.3. The zero-order valence-electron chi connectivity index (χ0n) is 11.9. The monoisotopic (exact) mass is 286 g/mol. The number of hydrogen-bond donors (Lipinski definition) is 1. The Balaban J connectivity index is 2.19. The van der Waals surface area contributed by atoms with Gasteiger partial charge in [0.15, 0.2) is 0 Å². The first kappa shape index (κ1) is 15.2. The predicted molar refractivity (Wildman–Crippen MR) is 78.5 cm³/mol. The molecule has 4 heteroatoms. The lowest BCUT2D eigenvalue weighted by atomic mass is 9.75. The Bertz CT molecular complexity index is 574. The number of carbonyl (C=O) groups is 2. The van der Waals surface area contributed by atoms with Crippen LogP contribution in [-0.4, -0.2) is 23.1 Å². The molecule has 4 nitrogen and oxygen atoms in total. The van der Waals surface area contributed by atoms with Crippen molar-refractivity contribution in [3.8, 4) is 0 Å². The Morgan fingerprint density at radius 3 is 2.57 bits per heavy atom. The standard InChI is InChI=1S/C17H18O4/c1-2-11-17(12-7-6-10-14(17)18)16(20)21-15(19)13-8-4-3-5-9-13/h3-10,12,14,18H,2,11H2,1H3. The van der Waals surface area contributed by atoms with Gasteiger partial charge in [-0.15, -0.1) is 0 Å². The Kier molecular flexibility index (Phi) is 4.70. The second-order valence-electron chi connectivity index (χ2n) is 5.02. The molecule has 0 radical (unpaired) electrons. The van der Waals surface area contributed by atoms with Crippen LogP contribution in [0.3, 0.4) is 0 Å². The van der Waals surface area contributed by atoms with E-state index in [1.807, 2.05) is 6.92 Å². The first-order valence-electron chi connectivity index (χ1n) is 6.96. The molecule has 0 saturated heterocycles. The van der Waals surface area contributed by atoms with Gasteiger partial charge in [-0.3, -0.25) is 4.79 Å². The molecule has 1 aliphatic rings. The summed E-state index contributed by atoms with van der Waals surface area (Å²) in [5.41, 5.74) is -0.879. The number of rotatable bonds is 4. The van der Waals surface area contributed by atoms with Gasteiger partial charge < -0.3 is 9.84 Å². The first-order valence-corrected chi connectivity index (χ1v) is 6.96. The number of hydrogen-bond acceptors (Lipinski definition) is 4. The highest BCUT2D eigenvalue weighted by atomic mass is 16.6. The van der Waals surface area contributed by atoms with Crippen molar-refractivity contribution < 1.29 is 19.4 Å². The smallest absolute Gasteiger partial charge is 0.345 e. The van der Waals surface area contributed by atoms with Crippen LogP contribution in [0.5, 0.6) is 0 Å². The lowest BCUT2D eigenvalue weighted by Gasteiger charge is -2.32. The molecule has 2 unspecified atom stereocenters. The molecule has 1 aromatic rings. The van der Waals surface area contributed by atoms with Crippen LogP contribution in [0.1, 0.15) is 30.1 Å². The van der Waals surface area contributed by atoms with E-state index in [0.717, 1.165) is 0 Å². The molecular weight excluding hydrogens is 268 g/mol. The average Bonchev–Trinajstić information content (AvgIpc) is 2.50. The Labute approximate surface area is 123 Å². The normalized spacial score (nSPS) is 23.8. The summed E-state index contributed by atoms with van der Waals surface area (Å²) in [6, 6.07) is 8.32. The summed E-state index contributed by atoms with van der Waals surface area (Å²) in [5, 5.41) is 10.2. The molecular formula is C17H18O4. The van der Waals surface area contributed by atoms with E-state index in [1.165, 1.54) is 6.08 Å². The maximum atomic E-state index is 12.4. The van der Waals surface area contributed by atoms with Crippen LogP contribution in [0.25, 0.3) is 0 Å². The van der Waals surface area contributed by atoms with Gasteiger partial charge in [-0.05, 0) is 18.6 Å². The van der Waals surface area contributed by atoms with E-state index in [4.69, 9.17) is 4.74 Å². The molecule has 1 N–H and O–H groups in total. The van der Waals surface area contributed by atoms with Gasteiger partial charge in [0, 0.05) is 0 Å². The predicted octanol–water partition coefficient (Wildman–Crippen LogP) is 2.64. The number of benzene rings is 1. The summed E-state index contributed by atoms with van der Waals surface area (Å²) in [6.45, 7) is 1.91. The van der Waals surface area contributed by atoms with Crippen molar-refractivity contribution in [1.82, 2.24) is 0 Å². The number of esters is 2. The highest BCUT2D eigenvalue weighted by Crippen LogP contribution is 2.35. The molecule has 0 saturated carbocycles. The van der Waals surface area contributed by atoms with Crippen molar-refractivity contribution in [2.45, 2.75) is 25.9 Å². The van der Waals surface area contributed by atoms with Crippen LogP contribution in [0, 0.1) is 5.41 Å². The number of allylic oxidation sites excluding steroid dienone is 2. The van der Waals surface area contributed by atoms with Crippen LogP contribution in [-0.2, 0) is 9.53 Å². The zero-order valence-corrected chi connectivity index (χ0v) is 11.9. The maximum absolute atomic E-state index is 12.4. The van der Waals surface area contributed by atoms with Crippen LogP contribution >= 0.6 is 0 Å². The van der Waals surface area contributed by atoms with Crippen molar-refractivity contribution in [2.75, 3.05) is 0 Å². The third kappa shape index (κ3) is 3.11. The second-order valence-corrected chi connectivity index (χ2v) is 5.02. The quantitative estimate of drug-likeness (QED) is 0.682. The van der Waals surface area contributed by atoms with E-state index in [-0.39, 0.29) is 0 Å². The Morgan fingerprint density at radius 2 is 1.95 bits per heavy atom. The third-order valence-electron chi connectivity index (χ3n) is 3.56. The van der Waals surface area contributed by atoms with E-state index in [2.05, 4.69) is 0 Å². The molecule has 0 bridgehead atoms. The molecule has 1 aromatic carbocycles. The molecule has 0 aliphatic heterocycles. The highest BCUT2D eigenvalue weighted by molar-refractivity contribution is 5.99. The van der Waals surface area contributed by atoms with Gasteiger partial charge in [-0.2, -0.15) is 0 Å². The SMILES string of the molecule is CCCC1(C(=O)OC(=O)c2ccccc2)C=CC=CC1O. The Hall–Kier alpha value is -2.20. The molecule has 0 heterocycles. The summed E-state index contributed by atoms with van der Waals surface area (Å²) in [7, 11) is 0. The fourth-order valence-corrected chi connectivity index (χ4v) is 2.42. The third-order valence-corrected chi connectivity index (χ3v) is 3.56. The van der Waals surface area contributed by atoms with Crippen LogP contribution in [0.15, 0.2) is 54.6 Å². The first-order chi connectivity index (χ1) is 10.1. The van der Waals surface area contributed by atoms with E-state index in [1.54, 1.807) is 48.6 Å². The van der Waals surface area contributed by atoms with Crippen molar-refractivity contribution in [3.05, 3.63) is 60.2 Å². The van der Waals surface area contributed by atoms with E-state index in [9.17, 15) is 14.7 Å². The fourth-order valence-electron chi connectivity index (χ4n) is 2.42. The largest absolute Gasteiger partial charge is 0.389 e. The van der Waals surface area contributed by atoms with Crippen molar-refractivity contribution >= 4 is 11.9 Å². The summed E-state index contributed by atoms with van der Waals surface area (Å²) in [6.07, 6.45) is 6.62. The molecule has 2 rings (SSSR count). The number of aliphatic hydroxyl groups excluding tert-OH is 1. The van der Waals surface area contributed by atoms with E-state index >= 15 is 0 Å². The summed E-state index contributed by atoms with van der Waals surface area (Å²) in [4.78, 5) is 24.4. The number of aliphatic hydroxyl groups is 1. The van der Waals surface area contributed by atoms with Gasteiger partial charge >= 0.3 is 11.9 Å². The molecule has 0 spiro atoms. The number of carbonyl (C=O) groups excluding carboxylic acids is 2. The van der Waals surface area contributed by atoms with Gasteiger partial charge in [-0.1, -0.05) is 55.8 Å². The average molecular weight is 286 g/mol. The topological polar surface area (TPSA) is 63.6 Å². The lowest BCUT2D eigenvalue weighted by molar-refractivity contribution is -0.151. The van der Waals surface area contributed by atoms with Crippen molar-refractivity contribution in [1.29, 1.82) is 0 Å².